The van der Waals surface area contributed by atoms with Crippen molar-refractivity contribution in [2.75, 3.05) is 18.8 Å². The maximum atomic E-state index is 12.4. The maximum Gasteiger partial charge on any atom is 0.288 e. The van der Waals surface area contributed by atoms with E-state index in [-0.39, 0.29) is 39.1 Å². The SMILES string of the molecule is O=C(CC12CC3CC(CC(Br)(C3)C1)C2)NCCN1C(=O)CSC1=O. The normalized spacial score (nSPS) is 40.5. The minimum Gasteiger partial charge on any atom is -0.354 e. The lowest BCUT2D eigenvalue weighted by atomic mass is 9.48. The molecule has 1 saturated heterocycles. The van der Waals surface area contributed by atoms with E-state index in [2.05, 4.69) is 21.2 Å². The summed E-state index contributed by atoms with van der Waals surface area (Å²) in [6.07, 6.45) is 7.94. The summed E-state index contributed by atoms with van der Waals surface area (Å²) in [5.41, 5.74) is 0.160. The standard InChI is InChI=1S/C17H23BrN2O3S/c18-17-6-11-3-12(7-17)5-16(4-11,10-17)8-13(21)19-1-2-20-14(22)9-24-15(20)23/h11-12H,1-10H2,(H,19,21). The summed E-state index contributed by atoms with van der Waals surface area (Å²) in [6.45, 7) is 0.649. The minimum absolute atomic E-state index is 0.0693. The van der Waals surface area contributed by atoms with Crippen LogP contribution in [0.25, 0.3) is 0 Å². The summed E-state index contributed by atoms with van der Waals surface area (Å²) in [5.74, 6) is 1.69. The summed E-state index contributed by atoms with van der Waals surface area (Å²) in [5, 5.41) is 2.73. The van der Waals surface area contributed by atoms with Crippen LogP contribution in [0, 0.1) is 17.3 Å². The molecule has 5 nitrogen and oxygen atoms in total. The molecule has 2 unspecified atom stereocenters. The van der Waals surface area contributed by atoms with Crippen LogP contribution in [-0.4, -0.2) is 45.1 Å². The van der Waals surface area contributed by atoms with Gasteiger partial charge in [-0.1, -0.05) is 27.7 Å². The maximum absolute atomic E-state index is 12.4. The second kappa shape index (κ2) is 6.01. The molecule has 1 N–H and O–H groups in total. The molecule has 5 aliphatic rings. The molecule has 5 fully saturated rings. The Labute approximate surface area is 154 Å². The lowest BCUT2D eigenvalue weighted by Crippen LogP contribution is -2.54. The Bertz CT molecular complexity index is 566. The molecular formula is C17H23BrN2O3S. The highest BCUT2D eigenvalue weighted by Gasteiger charge is 2.57. The van der Waals surface area contributed by atoms with Crippen LogP contribution < -0.4 is 5.32 Å². The van der Waals surface area contributed by atoms with Gasteiger partial charge in [-0.3, -0.25) is 19.3 Å². The Morgan fingerprint density at radius 3 is 2.54 bits per heavy atom. The topological polar surface area (TPSA) is 66.5 Å². The Hall–Kier alpha value is -0.560. The van der Waals surface area contributed by atoms with Gasteiger partial charge < -0.3 is 5.32 Å². The van der Waals surface area contributed by atoms with Crippen molar-refractivity contribution in [2.24, 2.45) is 17.3 Å². The number of nitrogens with one attached hydrogen (secondary N) is 1. The molecule has 1 aliphatic heterocycles. The van der Waals surface area contributed by atoms with Crippen molar-refractivity contribution >= 4 is 44.7 Å². The first-order chi connectivity index (χ1) is 11.4. The van der Waals surface area contributed by atoms with E-state index in [1.165, 1.54) is 37.0 Å². The van der Waals surface area contributed by atoms with Gasteiger partial charge in [0.1, 0.15) is 0 Å². The van der Waals surface area contributed by atoms with Gasteiger partial charge >= 0.3 is 0 Å². The summed E-state index contributed by atoms with van der Waals surface area (Å²) < 4.78 is 0.267. The molecule has 0 spiro atoms. The van der Waals surface area contributed by atoms with Crippen LogP contribution in [0.1, 0.15) is 44.9 Å². The number of hydrogen-bond donors (Lipinski definition) is 1. The number of hydrogen-bond acceptors (Lipinski definition) is 4. The molecule has 5 rings (SSSR count). The fourth-order valence-corrected chi connectivity index (χ4v) is 8.11. The highest BCUT2D eigenvalue weighted by Crippen LogP contribution is 2.65. The largest absolute Gasteiger partial charge is 0.354 e. The zero-order chi connectivity index (χ0) is 16.9. The molecule has 0 aromatic heterocycles. The molecule has 4 bridgehead atoms. The Balaban J connectivity index is 1.30. The molecule has 0 aromatic rings. The quantitative estimate of drug-likeness (QED) is 0.702. The highest BCUT2D eigenvalue weighted by molar-refractivity contribution is 9.10. The van der Waals surface area contributed by atoms with Crippen LogP contribution in [-0.2, 0) is 9.59 Å². The number of carbonyl (C=O) groups is 3. The van der Waals surface area contributed by atoms with Gasteiger partial charge in [0.05, 0.1) is 5.75 Å². The molecule has 132 valence electrons. The minimum atomic E-state index is -0.198. The van der Waals surface area contributed by atoms with E-state index in [0.29, 0.717) is 13.0 Å². The summed E-state index contributed by atoms with van der Waals surface area (Å²) in [7, 11) is 0. The summed E-state index contributed by atoms with van der Waals surface area (Å²) >= 11 is 5.01. The number of carbonyl (C=O) groups excluding carboxylic acids is 3. The van der Waals surface area contributed by atoms with Gasteiger partial charge in [0.2, 0.25) is 11.8 Å². The van der Waals surface area contributed by atoms with Gasteiger partial charge in [0.15, 0.2) is 0 Å². The van der Waals surface area contributed by atoms with E-state index in [4.69, 9.17) is 0 Å². The van der Waals surface area contributed by atoms with Crippen molar-refractivity contribution in [1.82, 2.24) is 10.2 Å². The molecule has 2 atom stereocenters. The number of imide groups is 1. The molecule has 0 radical (unpaired) electrons. The number of thioether (sulfide) groups is 1. The van der Waals surface area contributed by atoms with Gasteiger partial charge in [-0.2, -0.15) is 0 Å². The Kier molecular flexibility index (Phi) is 4.23. The highest BCUT2D eigenvalue weighted by atomic mass is 79.9. The van der Waals surface area contributed by atoms with Crippen LogP contribution in [0.4, 0.5) is 4.79 Å². The van der Waals surface area contributed by atoms with Crippen molar-refractivity contribution in [2.45, 2.75) is 49.3 Å². The monoisotopic (exact) mass is 414 g/mol. The van der Waals surface area contributed by atoms with Gasteiger partial charge in [-0.15, -0.1) is 0 Å². The van der Waals surface area contributed by atoms with Crippen molar-refractivity contribution in [3.63, 3.8) is 0 Å². The third-order valence-corrected chi connectivity index (χ3v) is 7.93. The second-order valence-electron chi connectivity index (χ2n) is 8.24. The van der Waals surface area contributed by atoms with Crippen molar-refractivity contribution in [3.05, 3.63) is 0 Å². The van der Waals surface area contributed by atoms with Gasteiger partial charge in [-0.05, 0) is 55.8 Å². The predicted molar refractivity (Wildman–Crippen MR) is 96.0 cm³/mol. The first-order valence-electron chi connectivity index (χ1n) is 8.79. The van der Waals surface area contributed by atoms with Crippen LogP contribution >= 0.6 is 27.7 Å². The number of nitrogens with zero attached hydrogens (tertiary/aromatic N) is 1. The van der Waals surface area contributed by atoms with E-state index in [1.807, 2.05) is 0 Å². The molecule has 4 saturated carbocycles. The smallest absolute Gasteiger partial charge is 0.288 e. The van der Waals surface area contributed by atoms with E-state index in [9.17, 15) is 14.4 Å². The fourth-order valence-electron chi connectivity index (χ4n) is 5.85. The molecular weight excluding hydrogens is 392 g/mol. The number of halogens is 1. The van der Waals surface area contributed by atoms with Crippen molar-refractivity contribution in [3.8, 4) is 0 Å². The number of alkyl halides is 1. The van der Waals surface area contributed by atoms with E-state index in [1.54, 1.807) is 0 Å². The zero-order valence-corrected chi connectivity index (χ0v) is 16.1. The van der Waals surface area contributed by atoms with Crippen LogP contribution in [0.5, 0.6) is 0 Å². The Morgan fingerprint density at radius 1 is 1.25 bits per heavy atom. The van der Waals surface area contributed by atoms with Crippen LogP contribution in [0.15, 0.2) is 0 Å². The van der Waals surface area contributed by atoms with Gasteiger partial charge in [0.25, 0.3) is 5.24 Å². The number of amides is 3. The van der Waals surface area contributed by atoms with Crippen molar-refractivity contribution < 1.29 is 14.4 Å². The lowest BCUT2D eigenvalue weighted by molar-refractivity contribution is -0.129. The number of rotatable bonds is 5. The lowest BCUT2D eigenvalue weighted by Gasteiger charge is -2.60. The fraction of sp³-hybridized carbons (Fsp3) is 0.824. The van der Waals surface area contributed by atoms with E-state index in [0.717, 1.165) is 30.0 Å². The molecule has 24 heavy (non-hydrogen) atoms. The summed E-state index contributed by atoms with van der Waals surface area (Å²) in [6, 6.07) is 0. The average Bonchev–Trinajstić information content (AvgIpc) is 2.75. The molecule has 7 heteroatoms. The first kappa shape index (κ1) is 16.9. The van der Waals surface area contributed by atoms with Crippen LogP contribution in [0.3, 0.4) is 0 Å². The second-order valence-corrected chi connectivity index (χ2v) is 10.8. The molecule has 0 aromatic carbocycles. The first-order valence-corrected chi connectivity index (χ1v) is 10.6. The third-order valence-electron chi connectivity index (χ3n) is 6.14. The zero-order valence-electron chi connectivity index (χ0n) is 13.7. The van der Waals surface area contributed by atoms with Crippen molar-refractivity contribution in [1.29, 1.82) is 0 Å². The van der Waals surface area contributed by atoms with E-state index < -0.39 is 0 Å². The van der Waals surface area contributed by atoms with Crippen LogP contribution in [0.2, 0.25) is 0 Å². The molecule has 4 aliphatic carbocycles. The van der Waals surface area contributed by atoms with Gasteiger partial charge in [-0.25, -0.2) is 0 Å². The molecule has 3 amide bonds. The van der Waals surface area contributed by atoms with Gasteiger partial charge in [0, 0.05) is 23.8 Å². The third kappa shape index (κ3) is 3.14. The summed E-state index contributed by atoms with van der Waals surface area (Å²) in [4.78, 5) is 36.8. The molecule has 1 heterocycles. The Morgan fingerprint density at radius 2 is 1.96 bits per heavy atom. The predicted octanol–water partition coefficient (Wildman–Crippen LogP) is 2.92. The average molecular weight is 415 g/mol. The van der Waals surface area contributed by atoms with E-state index >= 15 is 0 Å².